The number of urea groups is 1. The van der Waals surface area contributed by atoms with Crippen molar-refractivity contribution in [2.75, 3.05) is 18.5 Å². The third-order valence-electron chi connectivity index (χ3n) is 4.43. The van der Waals surface area contributed by atoms with Gasteiger partial charge in [-0.3, -0.25) is 5.32 Å². The molecule has 1 aliphatic heterocycles. The van der Waals surface area contributed by atoms with Crippen LogP contribution in [0.2, 0.25) is 0 Å². The highest BCUT2D eigenvalue weighted by atomic mass is 32.1. The van der Waals surface area contributed by atoms with Crippen LogP contribution in [0, 0.1) is 19.8 Å². The van der Waals surface area contributed by atoms with E-state index in [1.165, 1.54) is 11.3 Å². The van der Waals surface area contributed by atoms with Crippen LogP contribution in [0.5, 0.6) is 0 Å². The fourth-order valence-corrected chi connectivity index (χ4v) is 4.03. The summed E-state index contributed by atoms with van der Waals surface area (Å²) in [6, 6.07) is 1.63. The molecule has 0 aliphatic carbocycles. The lowest BCUT2D eigenvalue weighted by Gasteiger charge is -2.35. The van der Waals surface area contributed by atoms with Gasteiger partial charge in [0.25, 0.3) is 0 Å². The van der Waals surface area contributed by atoms with E-state index in [4.69, 9.17) is 9.26 Å². The van der Waals surface area contributed by atoms with Gasteiger partial charge in [0.1, 0.15) is 10.5 Å². The minimum Gasteiger partial charge on any atom is -0.381 e. The molecule has 1 fully saturated rings. The van der Waals surface area contributed by atoms with E-state index >= 15 is 0 Å². The van der Waals surface area contributed by atoms with Gasteiger partial charge in [-0.25, -0.2) is 9.78 Å². The van der Waals surface area contributed by atoms with Crippen molar-refractivity contribution in [2.45, 2.75) is 52.5 Å². The standard InChI is InChI=1S/C18H26N4O3S/c1-11(2)9-14-16(26-13(4)19-14)20-17(23)21-18(5-7-24-8-6-18)15-10-12(3)22-25-15/h10-11H,5-9H2,1-4H3,(H2,20,21,23). The van der Waals surface area contributed by atoms with E-state index < -0.39 is 5.54 Å². The van der Waals surface area contributed by atoms with Gasteiger partial charge in [-0.05, 0) is 26.2 Å². The van der Waals surface area contributed by atoms with Crippen LogP contribution in [-0.2, 0) is 16.7 Å². The van der Waals surface area contributed by atoms with Gasteiger partial charge in [0.15, 0.2) is 5.76 Å². The number of carbonyl (C=O) groups excluding carboxylic acids is 1. The van der Waals surface area contributed by atoms with E-state index in [1.807, 2.05) is 19.9 Å². The van der Waals surface area contributed by atoms with Crippen molar-refractivity contribution in [1.29, 1.82) is 0 Å². The van der Waals surface area contributed by atoms with Gasteiger partial charge in [-0.1, -0.05) is 19.0 Å². The second-order valence-electron chi connectivity index (χ2n) is 7.21. The summed E-state index contributed by atoms with van der Waals surface area (Å²) in [4.78, 5) is 17.3. The summed E-state index contributed by atoms with van der Waals surface area (Å²) in [5.74, 6) is 1.15. The van der Waals surface area contributed by atoms with Crippen molar-refractivity contribution in [3.8, 4) is 0 Å². The maximum absolute atomic E-state index is 12.8. The minimum absolute atomic E-state index is 0.255. The van der Waals surface area contributed by atoms with E-state index in [-0.39, 0.29) is 6.03 Å². The Hall–Kier alpha value is -1.93. The Bertz CT molecular complexity index is 762. The van der Waals surface area contributed by atoms with E-state index in [0.29, 0.717) is 37.7 Å². The van der Waals surface area contributed by atoms with Gasteiger partial charge in [0, 0.05) is 32.1 Å². The average Bonchev–Trinajstić information content (AvgIpc) is 3.14. The van der Waals surface area contributed by atoms with Crippen molar-refractivity contribution in [2.24, 2.45) is 5.92 Å². The molecule has 142 valence electrons. The van der Waals surface area contributed by atoms with Crippen LogP contribution < -0.4 is 10.6 Å². The number of hydrogen-bond acceptors (Lipinski definition) is 6. The molecule has 0 bridgehead atoms. The Morgan fingerprint density at radius 3 is 2.69 bits per heavy atom. The maximum atomic E-state index is 12.8. The molecule has 26 heavy (non-hydrogen) atoms. The molecular weight excluding hydrogens is 352 g/mol. The van der Waals surface area contributed by atoms with E-state index in [0.717, 1.165) is 27.8 Å². The van der Waals surface area contributed by atoms with Crippen molar-refractivity contribution >= 4 is 22.4 Å². The molecule has 2 aromatic rings. The lowest BCUT2D eigenvalue weighted by Crippen LogP contribution is -2.50. The molecule has 2 amide bonds. The largest absolute Gasteiger partial charge is 0.381 e. The van der Waals surface area contributed by atoms with Gasteiger partial charge >= 0.3 is 6.03 Å². The Morgan fingerprint density at radius 1 is 1.35 bits per heavy atom. The predicted octanol–water partition coefficient (Wildman–Crippen LogP) is 3.77. The summed E-state index contributed by atoms with van der Waals surface area (Å²) in [6.45, 7) is 9.24. The number of thiazole rings is 1. The third kappa shape index (κ3) is 4.24. The molecular formula is C18H26N4O3S. The average molecular weight is 378 g/mol. The van der Waals surface area contributed by atoms with Crippen LogP contribution in [0.15, 0.2) is 10.6 Å². The van der Waals surface area contributed by atoms with Crippen molar-refractivity contribution in [1.82, 2.24) is 15.5 Å². The van der Waals surface area contributed by atoms with Crippen LogP contribution in [0.25, 0.3) is 0 Å². The summed E-state index contributed by atoms with van der Waals surface area (Å²) in [6.07, 6.45) is 2.13. The highest BCUT2D eigenvalue weighted by Gasteiger charge is 2.39. The fourth-order valence-electron chi connectivity index (χ4n) is 3.19. The second kappa shape index (κ2) is 7.75. The number of carbonyl (C=O) groups is 1. The number of nitrogens with one attached hydrogen (secondary N) is 2. The minimum atomic E-state index is -0.596. The zero-order valence-corrected chi connectivity index (χ0v) is 16.5. The number of aryl methyl sites for hydroxylation is 2. The number of aromatic nitrogens is 2. The number of amides is 2. The molecule has 2 aromatic heterocycles. The van der Waals surface area contributed by atoms with Crippen molar-refractivity contribution in [3.05, 3.63) is 28.2 Å². The Morgan fingerprint density at radius 2 is 2.08 bits per heavy atom. The molecule has 1 saturated heterocycles. The number of ether oxygens (including phenoxy) is 1. The normalized spacial score (nSPS) is 16.7. The first kappa shape index (κ1) is 18.8. The van der Waals surface area contributed by atoms with Gasteiger partial charge in [0.2, 0.25) is 0 Å². The van der Waals surface area contributed by atoms with Crippen LogP contribution in [0.3, 0.4) is 0 Å². The first-order valence-corrected chi connectivity index (χ1v) is 9.76. The molecule has 0 unspecified atom stereocenters. The topological polar surface area (TPSA) is 89.3 Å². The number of anilines is 1. The van der Waals surface area contributed by atoms with Crippen LogP contribution >= 0.6 is 11.3 Å². The molecule has 3 rings (SSSR count). The van der Waals surface area contributed by atoms with E-state index in [9.17, 15) is 4.79 Å². The van der Waals surface area contributed by atoms with Gasteiger partial charge < -0.3 is 14.6 Å². The second-order valence-corrected chi connectivity index (χ2v) is 8.42. The maximum Gasteiger partial charge on any atom is 0.320 e. The highest BCUT2D eigenvalue weighted by Crippen LogP contribution is 2.33. The van der Waals surface area contributed by atoms with Crippen LogP contribution in [0.4, 0.5) is 9.80 Å². The molecule has 0 aromatic carbocycles. The van der Waals surface area contributed by atoms with E-state index in [2.05, 4.69) is 34.6 Å². The molecule has 0 atom stereocenters. The predicted molar refractivity (Wildman–Crippen MR) is 101 cm³/mol. The Kier molecular flexibility index (Phi) is 5.62. The first-order chi connectivity index (χ1) is 12.4. The summed E-state index contributed by atoms with van der Waals surface area (Å²) < 4.78 is 11.0. The third-order valence-corrected chi connectivity index (χ3v) is 5.36. The molecule has 0 spiro atoms. The molecule has 0 saturated carbocycles. The molecule has 0 radical (unpaired) electrons. The number of rotatable bonds is 5. The summed E-state index contributed by atoms with van der Waals surface area (Å²) in [5.41, 5.74) is 1.14. The van der Waals surface area contributed by atoms with Crippen molar-refractivity contribution < 1.29 is 14.1 Å². The summed E-state index contributed by atoms with van der Waals surface area (Å²) in [7, 11) is 0. The van der Waals surface area contributed by atoms with Gasteiger partial charge in [-0.15, -0.1) is 11.3 Å². The van der Waals surface area contributed by atoms with Crippen molar-refractivity contribution in [3.63, 3.8) is 0 Å². The molecule has 2 N–H and O–H groups in total. The molecule has 3 heterocycles. The first-order valence-electron chi connectivity index (χ1n) is 8.95. The van der Waals surface area contributed by atoms with Crippen LogP contribution in [-0.4, -0.2) is 29.4 Å². The Labute approximate surface area is 157 Å². The highest BCUT2D eigenvalue weighted by molar-refractivity contribution is 7.16. The smallest absolute Gasteiger partial charge is 0.320 e. The lowest BCUT2D eigenvalue weighted by molar-refractivity contribution is 0.0307. The monoisotopic (exact) mass is 378 g/mol. The zero-order valence-electron chi connectivity index (χ0n) is 15.7. The number of hydrogen-bond donors (Lipinski definition) is 2. The molecule has 1 aliphatic rings. The van der Waals surface area contributed by atoms with Gasteiger partial charge in [-0.2, -0.15) is 0 Å². The lowest BCUT2D eigenvalue weighted by atomic mass is 9.87. The zero-order chi connectivity index (χ0) is 18.7. The van der Waals surface area contributed by atoms with E-state index in [1.54, 1.807) is 0 Å². The summed E-state index contributed by atoms with van der Waals surface area (Å²) in [5, 5.41) is 11.8. The Balaban J connectivity index is 1.77. The molecule has 8 heteroatoms. The van der Waals surface area contributed by atoms with Crippen LogP contribution in [0.1, 0.15) is 48.8 Å². The summed E-state index contributed by atoms with van der Waals surface area (Å²) >= 11 is 1.50. The van der Waals surface area contributed by atoms with Gasteiger partial charge in [0.05, 0.1) is 16.4 Å². The fraction of sp³-hybridized carbons (Fsp3) is 0.611. The number of nitrogens with zero attached hydrogens (tertiary/aromatic N) is 2. The quantitative estimate of drug-likeness (QED) is 0.826. The molecule has 7 nitrogen and oxygen atoms in total. The SMILES string of the molecule is Cc1cc(C2(NC(=O)Nc3sc(C)nc3CC(C)C)CCOCC2)on1.